The second kappa shape index (κ2) is 8.92. The summed E-state index contributed by atoms with van der Waals surface area (Å²) in [7, 11) is 0. The van der Waals surface area contributed by atoms with Crippen molar-refractivity contribution >= 4 is 57.2 Å². The molecule has 1 aliphatic rings. The fourth-order valence-corrected chi connectivity index (χ4v) is 3.84. The monoisotopic (exact) mass is 485 g/mol. The van der Waals surface area contributed by atoms with Crippen molar-refractivity contribution < 1.29 is 9.53 Å². The summed E-state index contributed by atoms with van der Waals surface area (Å²) in [5.41, 5.74) is 3.66. The van der Waals surface area contributed by atoms with Gasteiger partial charge in [-0.1, -0.05) is 17.7 Å². The molecule has 5 nitrogen and oxygen atoms in total. The maximum Gasteiger partial charge on any atom is 0.243 e. The van der Waals surface area contributed by atoms with Crippen molar-refractivity contribution in [2.45, 2.75) is 6.92 Å². The van der Waals surface area contributed by atoms with E-state index in [0.717, 1.165) is 39.3 Å². The molecule has 0 spiro atoms. The van der Waals surface area contributed by atoms with Crippen LogP contribution in [0.1, 0.15) is 5.56 Å². The number of anilines is 3. The second-order valence-corrected chi connectivity index (χ2v) is 7.75. The third kappa shape index (κ3) is 4.81. The number of carbonyl (C=O) groups excluding carboxylic acids is 1. The van der Waals surface area contributed by atoms with E-state index in [1.807, 2.05) is 43.3 Å². The molecule has 1 amide bonds. The Morgan fingerprint density at radius 1 is 1.23 bits per heavy atom. The third-order valence-electron chi connectivity index (χ3n) is 4.22. The summed E-state index contributed by atoms with van der Waals surface area (Å²) in [4.78, 5) is 14.5. The van der Waals surface area contributed by atoms with Gasteiger partial charge < -0.3 is 20.3 Å². The molecule has 26 heavy (non-hydrogen) atoms. The van der Waals surface area contributed by atoms with Gasteiger partial charge in [0, 0.05) is 22.3 Å². The lowest BCUT2D eigenvalue weighted by molar-refractivity contribution is -0.114. The summed E-state index contributed by atoms with van der Waals surface area (Å²) in [5.74, 6) is -0.0952. The van der Waals surface area contributed by atoms with E-state index in [1.165, 1.54) is 0 Å². The number of rotatable bonds is 5. The highest BCUT2D eigenvalue weighted by molar-refractivity contribution is 14.1. The number of hydrogen-bond acceptors (Lipinski definition) is 4. The first kappa shape index (κ1) is 19.3. The van der Waals surface area contributed by atoms with E-state index >= 15 is 0 Å². The quantitative estimate of drug-likeness (QED) is 0.625. The molecular formula is C19H21ClIN3O2. The van der Waals surface area contributed by atoms with Gasteiger partial charge in [0.25, 0.3) is 0 Å². The largest absolute Gasteiger partial charge is 0.378 e. The molecule has 0 atom stereocenters. The Morgan fingerprint density at radius 3 is 2.73 bits per heavy atom. The van der Waals surface area contributed by atoms with Crippen LogP contribution in [0.25, 0.3) is 0 Å². The zero-order valence-corrected chi connectivity index (χ0v) is 17.4. The second-order valence-electron chi connectivity index (χ2n) is 6.10. The van der Waals surface area contributed by atoms with Crippen molar-refractivity contribution in [2.24, 2.45) is 0 Å². The van der Waals surface area contributed by atoms with Crippen LogP contribution < -0.4 is 15.5 Å². The molecule has 1 heterocycles. The Balaban J connectivity index is 1.67. The number of morpholine rings is 1. The fraction of sp³-hybridized carbons (Fsp3) is 0.316. The summed E-state index contributed by atoms with van der Waals surface area (Å²) in [5, 5.41) is 6.84. The lowest BCUT2D eigenvalue weighted by atomic mass is 10.2. The van der Waals surface area contributed by atoms with Crippen LogP contribution in [0.2, 0.25) is 5.02 Å². The first-order valence-electron chi connectivity index (χ1n) is 8.45. The van der Waals surface area contributed by atoms with Gasteiger partial charge in [-0.25, -0.2) is 0 Å². The average molecular weight is 486 g/mol. The lowest BCUT2D eigenvalue weighted by Gasteiger charge is -2.31. The molecule has 2 aromatic rings. The van der Waals surface area contributed by atoms with Crippen LogP contribution in [0, 0.1) is 10.5 Å². The zero-order chi connectivity index (χ0) is 18.5. The Hall–Kier alpha value is -1.51. The number of amides is 1. The average Bonchev–Trinajstić information content (AvgIpc) is 2.63. The van der Waals surface area contributed by atoms with Crippen molar-refractivity contribution in [1.82, 2.24) is 0 Å². The molecule has 0 aromatic heterocycles. The van der Waals surface area contributed by atoms with Crippen molar-refractivity contribution in [1.29, 1.82) is 0 Å². The number of nitrogens with zero attached hydrogens (tertiary/aromatic N) is 1. The summed E-state index contributed by atoms with van der Waals surface area (Å²) >= 11 is 8.68. The van der Waals surface area contributed by atoms with Crippen LogP contribution >= 0.6 is 34.2 Å². The molecule has 0 radical (unpaired) electrons. The molecule has 7 heteroatoms. The normalized spacial score (nSPS) is 14.2. The first-order chi connectivity index (χ1) is 12.5. The maximum absolute atomic E-state index is 12.4. The number of halogens is 2. The van der Waals surface area contributed by atoms with Crippen molar-refractivity contribution in [3.05, 3.63) is 50.6 Å². The van der Waals surface area contributed by atoms with Crippen LogP contribution in [0.3, 0.4) is 0 Å². The molecular weight excluding hydrogens is 465 g/mol. The van der Waals surface area contributed by atoms with Gasteiger partial charge in [0.15, 0.2) is 0 Å². The number of para-hydroxylation sites is 1. The van der Waals surface area contributed by atoms with Crippen molar-refractivity contribution in [2.75, 3.05) is 48.4 Å². The van der Waals surface area contributed by atoms with Crippen LogP contribution in [0.4, 0.5) is 17.1 Å². The van der Waals surface area contributed by atoms with Gasteiger partial charge in [0.2, 0.25) is 5.91 Å². The van der Waals surface area contributed by atoms with Gasteiger partial charge in [-0.3, -0.25) is 4.79 Å². The number of hydrogen-bond donors (Lipinski definition) is 2. The highest BCUT2D eigenvalue weighted by atomic mass is 127. The van der Waals surface area contributed by atoms with E-state index in [9.17, 15) is 4.79 Å². The molecule has 1 aliphatic heterocycles. The first-order valence-corrected chi connectivity index (χ1v) is 9.91. The van der Waals surface area contributed by atoms with Crippen molar-refractivity contribution in [3.63, 3.8) is 0 Å². The van der Waals surface area contributed by atoms with Crippen LogP contribution in [0.5, 0.6) is 0 Å². The minimum atomic E-state index is -0.0952. The predicted octanol–water partition coefficient (Wildman–Crippen LogP) is 4.14. The summed E-state index contributed by atoms with van der Waals surface area (Å²) < 4.78 is 6.56. The zero-order valence-electron chi connectivity index (χ0n) is 14.5. The van der Waals surface area contributed by atoms with E-state index in [1.54, 1.807) is 0 Å². The molecule has 138 valence electrons. The summed E-state index contributed by atoms with van der Waals surface area (Å²) in [6.07, 6.45) is 0. The van der Waals surface area contributed by atoms with Gasteiger partial charge in [-0.05, 0) is 65.4 Å². The SMILES string of the molecule is Cc1cc(I)ccc1NC(=O)CNc1cccc(Cl)c1N1CCOCC1. The molecule has 1 saturated heterocycles. The standard InChI is InChI=1S/C19H21ClIN3O2/c1-13-11-14(21)5-6-16(13)23-18(25)12-22-17-4-2-3-15(20)19(17)24-7-9-26-10-8-24/h2-6,11,22H,7-10,12H2,1H3,(H,23,25). The Morgan fingerprint density at radius 2 is 2.00 bits per heavy atom. The predicted molar refractivity (Wildman–Crippen MR) is 115 cm³/mol. The van der Waals surface area contributed by atoms with Crippen LogP contribution in [0.15, 0.2) is 36.4 Å². The molecule has 0 unspecified atom stereocenters. The topological polar surface area (TPSA) is 53.6 Å². The number of ether oxygens (including phenoxy) is 1. The molecule has 2 aromatic carbocycles. The maximum atomic E-state index is 12.4. The molecule has 0 saturated carbocycles. The Bertz CT molecular complexity index is 794. The highest BCUT2D eigenvalue weighted by Gasteiger charge is 2.18. The van der Waals surface area contributed by atoms with Gasteiger partial charge in [-0.2, -0.15) is 0 Å². The van der Waals surface area contributed by atoms with Gasteiger partial charge in [0.05, 0.1) is 36.2 Å². The van der Waals surface area contributed by atoms with Gasteiger partial charge >= 0.3 is 0 Å². The number of benzene rings is 2. The van der Waals surface area contributed by atoms with Crippen LogP contribution in [-0.2, 0) is 9.53 Å². The lowest BCUT2D eigenvalue weighted by Crippen LogP contribution is -2.37. The van der Waals surface area contributed by atoms with E-state index in [4.69, 9.17) is 16.3 Å². The molecule has 0 aliphatic carbocycles. The number of carbonyl (C=O) groups is 1. The summed E-state index contributed by atoms with van der Waals surface area (Å²) in [6.45, 7) is 5.08. The smallest absolute Gasteiger partial charge is 0.243 e. The minimum absolute atomic E-state index is 0.0952. The van der Waals surface area contributed by atoms with E-state index in [0.29, 0.717) is 18.2 Å². The van der Waals surface area contributed by atoms with Crippen LogP contribution in [-0.4, -0.2) is 38.8 Å². The van der Waals surface area contributed by atoms with Gasteiger partial charge in [-0.15, -0.1) is 0 Å². The van der Waals surface area contributed by atoms with E-state index in [-0.39, 0.29) is 12.5 Å². The fourth-order valence-electron chi connectivity index (χ4n) is 2.90. The van der Waals surface area contributed by atoms with Gasteiger partial charge in [0.1, 0.15) is 0 Å². The molecule has 2 N–H and O–H groups in total. The number of aryl methyl sites for hydroxylation is 1. The number of nitrogens with one attached hydrogen (secondary N) is 2. The Kier molecular flexibility index (Phi) is 6.61. The van der Waals surface area contributed by atoms with E-state index < -0.39 is 0 Å². The molecule has 3 rings (SSSR count). The molecule has 1 fully saturated rings. The minimum Gasteiger partial charge on any atom is -0.378 e. The Labute approximate surface area is 172 Å². The summed E-state index contributed by atoms with van der Waals surface area (Å²) in [6, 6.07) is 11.6. The third-order valence-corrected chi connectivity index (χ3v) is 5.19. The highest BCUT2D eigenvalue weighted by Crippen LogP contribution is 2.34. The van der Waals surface area contributed by atoms with Crippen molar-refractivity contribution in [3.8, 4) is 0 Å². The molecule has 0 bridgehead atoms. The van der Waals surface area contributed by atoms with E-state index in [2.05, 4.69) is 38.1 Å².